The molecule has 0 radical (unpaired) electrons. The van der Waals surface area contributed by atoms with E-state index in [0.717, 1.165) is 18.0 Å². The van der Waals surface area contributed by atoms with E-state index in [-0.39, 0.29) is 40.9 Å². The third-order valence-electron chi connectivity index (χ3n) is 6.05. The number of halogens is 2. The van der Waals surface area contributed by atoms with Gasteiger partial charge in [-0.1, -0.05) is 29.3 Å². The molecule has 1 aromatic carbocycles. The van der Waals surface area contributed by atoms with Crippen LogP contribution in [0.3, 0.4) is 0 Å². The van der Waals surface area contributed by atoms with Crippen molar-refractivity contribution < 1.29 is 18.9 Å². The van der Waals surface area contributed by atoms with Crippen LogP contribution in [-0.2, 0) is 20.7 Å². The summed E-state index contributed by atoms with van der Waals surface area (Å²) in [5.41, 5.74) is 0.432. The lowest BCUT2D eigenvalue weighted by atomic mass is 9.98. The maximum Gasteiger partial charge on any atom is 0.357 e. The predicted octanol–water partition coefficient (Wildman–Crippen LogP) is 4.39. The van der Waals surface area contributed by atoms with E-state index in [1.165, 1.54) is 6.07 Å². The quantitative estimate of drug-likeness (QED) is 0.417. The molecule has 4 atom stereocenters. The van der Waals surface area contributed by atoms with Crippen molar-refractivity contribution in [1.82, 2.24) is 9.80 Å². The number of carbonyl (C=O) groups is 2. The summed E-state index contributed by atoms with van der Waals surface area (Å²) in [6.45, 7) is 8.96. The number of piperazine rings is 1. The molecule has 1 amide bonds. The van der Waals surface area contributed by atoms with Crippen molar-refractivity contribution in [3.8, 4) is 0 Å². The van der Waals surface area contributed by atoms with Crippen LogP contribution in [0.1, 0.15) is 44.5 Å². The molecular formula is C24H30Cl2N2O4S. The minimum atomic E-state index is -1.65. The maximum atomic E-state index is 13.3. The van der Waals surface area contributed by atoms with Crippen molar-refractivity contribution in [3.05, 3.63) is 52.0 Å². The molecule has 0 aromatic heterocycles. The summed E-state index contributed by atoms with van der Waals surface area (Å²) in [5.74, 6) is -0.953. The Labute approximate surface area is 208 Å². The van der Waals surface area contributed by atoms with Crippen molar-refractivity contribution in [2.45, 2.75) is 63.2 Å². The maximum absolute atomic E-state index is 13.3. The van der Waals surface area contributed by atoms with E-state index in [1.807, 2.05) is 17.9 Å². The van der Waals surface area contributed by atoms with E-state index < -0.39 is 17.1 Å². The van der Waals surface area contributed by atoms with Crippen LogP contribution in [-0.4, -0.2) is 69.3 Å². The molecule has 6 nitrogen and oxygen atoms in total. The summed E-state index contributed by atoms with van der Waals surface area (Å²) in [5, 5.41) is 0.943. The zero-order chi connectivity index (χ0) is 24.3. The first kappa shape index (κ1) is 26.1. The third-order valence-corrected chi connectivity index (χ3v) is 8.07. The molecule has 0 spiro atoms. The molecule has 2 aliphatic rings. The molecule has 0 saturated carbocycles. The van der Waals surface area contributed by atoms with Gasteiger partial charge in [-0.2, -0.15) is 0 Å². The molecule has 0 N–H and O–H groups in total. The number of esters is 1. The smallest absolute Gasteiger partial charge is 0.357 e. The van der Waals surface area contributed by atoms with Gasteiger partial charge in [0.15, 0.2) is 4.90 Å². The number of hydrogen-bond acceptors (Lipinski definition) is 5. The lowest BCUT2D eigenvalue weighted by Crippen LogP contribution is -2.61. The largest absolute Gasteiger partial charge is 0.611 e. The SMILES string of the molecule is CC(C)OC(=O)C[S+]([O-])c1ccc(C(=O)N2CCN([C@H]3C=C(Cl)C=CC3)[C@H](C)C2C)cc1Cl. The summed E-state index contributed by atoms with van der Waals surface area (Å²) < 4.78 is 17.6. The summed E-state index contributed by atoms with van der Waals surface area (Å²) in [6.07, 6.45) is 6.69. The average molecular weight is 513 g/mol. The zero-order valence-corrected chi connectivity index (χ0v) is 21.6. The van der Waals surface area contributed by atoms with Crippen LogP contribution in [0, 0.1) is 0 Å². The number of rotatable bonds is 6. The van der Waals surface area contributed by atoms with E-state index in [0.29, 0.717) is 17.0 Å². The van der Waals surface area contributed by atoms with E-state index in [1.54, 1.807) is 26.0 Å². The molecule has 2 unspecified atom stereocenters. The van der Waals surface area contributed by atoms with Gasteiger partial charge in [0.2, 0.25) is 5.75 Å². The standard InChI is InChI=1S/C24H30Cl2N2O4S/c1-15(2)32-23(29)14-33(31)22-9-8-18(12-21(22)26)24(30)28-11-10-27(16(3)17(28)4)20-7-5-6-19(25)13-20/h5-6,8-9,12-13,15-17,20H,7,10-11,14H2,1-4H3/t16-,17?,20-,33?/m1/s1. The molecule has 1 heterocycles. The molecule has 9 heteroatoms. The van der Waals surface area contributed by atoms with Crippen LogP contribution < -0.4 is 0 Å². The second-order valence-electron chi connectivity index (χ2n) is 8.65. The van der Waals surface area contributed by atoms with Gasteiger partial charge in [-0.05, 0) is 75.6 Å². The number of ether oxygens (including phenoxy) is 1. The summed E-state index contributed by atoms with van der Waals surface area (Å²) in [4.78, 5) is 29.6. The first-order chi connectivity index (χ1) is 15.6. The van der Waals surface area contributed by atoms with Gasteiger partial charge in [-0.3, -0.25) is 9.69 Å². The fourth-order valence-electron chi connectivity index (χ4n) is 4.25. The Kier molecular flexibility index (Phi) is 8.92. The van der Waals surface area contributed by atoms with Crippen LogP contribution in [0.5, 0.6) is 0 Å². The van der Waals surface area contributed by atoms with E-state index >= 15 is 0 Å². The normalized spacial score (nSPS) is 24.5. The zero-order valence-electron chi connectivity index (χ0n) is 19.3. The molecule has 1 aromatic rings. The van der Waals surface area contributed by atoms with Crippen molar-refractivity contribution in [1.29, 1.82) is 0 Å². The van der Waals surface area contributed by atoms with Gasteiger partial charge in [0.05, 0.1) is 11.1 Å². The second kappa shape index (κ2) is 11.3. The number of benzene rings is 1. The molecule has 0 bridgehead atoms. The highest BCUT2D eigenvalue weighted by Crippen LogP contribution is 2.28. The number of nitrogens with zero attached hydrogens (tertiary/aromatic N) is 2. The Morgan fingerprint density at radius 3 is 2.58 bits per heavy atom. The van der Waals surface area contributed by atoms with Crippen LogP contribution in [0.15, 0.2) is 46.4 Å². The van der Waals surface area contributed by atoms with Gasteiger partial charge in [0.25, 0.3) is 5.91 Å². The predicted molar refractivity (Wildman–Crippen MR) is 132 cm³/mol. The van der Waals surface area contributed by atoms with Crippen molar-refractivity contribution in [2.75, 3.05) is 18.8 Å². The van der Waals surface area contributed by atoms with Crippen molar-refractivity contribution in [2.24, 2.45) is 0 Å². The monoisotopic (exact) mass is 512 g/mol. The summed E-state index contributed by atoms with van der Waals surface area (Å²) >= 11 is 10.9. The highest BCUT2D eigenvalue weighted by atomic mass is 35.5. The molecule has 180 valence electrons. The van der Waals surface area contributed by atoms with Crippen molar-refractivity contribution >= 4 is 46.3 Å². The Bertz CT molecular complexity index is 952. The fraction of sp³-hybridized carbons (Fsp3) is 0.500. The van der Waals surface area contributed by atoms with Gasteiger partial charge in [-0.25, -0.2) is 4.79 Å². The second-order valence-corrected chi connectivity index (χ2v) is 10.9. The molecule has 3 rings (SSSR count). The number of carbonyl (C=O) groups excluding carboxylic acids is 2. The van der Waals surface area contributed by atoms with E-state index in [9.17, 15) is 14.1 Å². The number of allylic oxidation sites excluding steroid dienone is 2. The Balaban J connectivity index is 1.68. The highest BCUT2D eigenvalue weighted by molar-refractivity contribution is 7.92. The first-order valence-corrected chi connectivity index (χ1v) is 13.1. The molecule has 1 saturated heterocycles. The van der Waals surface area contributed by atoms with Gasteiger partial charge in [0.1, 0.15) is 0 Å². The molecule has 33 heavy (non-hydrogen) atoms. The van der Waals surface area contributed by atoms with Gasteiger partial charge >= 0.3 is 5.97 Å². The molecule has 1 fully saturated rings. The number of hydrogen-bond donors (Lipinski definition) is 0. The van der Waals surface area contributed by atoms with Crippen LogP contribution >= 0.6 is 23.2 Å². The van der Waals surface area contributed by atoms with Gasteiger partial charge in [0, 0.05) is 41.8 Å². The Morgan fingerprint density at radius 2 is 1.94 bits per heavy atom. The minimum absolute atomic E-state index is 0.0114. The lowest BCUT2D eigenvalue weighted by molar-refractivity contribution is -0.144. The molecular weight excluding hydrogens is 483 g/mol. The van der Waals surface area contributed by atoms with Gasteiger partial charge < -0.3 is 14.2 Å². The topological polar surface area (TPSA) is 72.9 Å². The average Bonchev–Trinajstić information content (AvgIpc) is 2.74. The summed E-state index contributed by atoms with van der Waals surface area (Å²) in [7, 11) is 0. The van der Waals surface area contributed by atoms with E-state index in [2.05, 4.69) is 24.0 Å². The van der Waals surface area contributed by atoms with Crippen LogP contribution in [0.4, 0.5) is 0 Å². The molecule has 1 aliphatic carbocycles. The van der Waals surface area contributed by atoms with Crippen LogP contribution in [0.25, 0.3) is 0 Å². The fourth-order valence-corrected chi connectivity index (χ4v) is 5.85. The minimum Gasteiger partial charge on any atom is -0.611 e. The van der Waals surface area contributed by atoms with Crippen molar-refractivity contribution in [3.63, 3.8) is 0 Å². The highest BCUT2D eigenvalue weighted by Gasteiger charge is 2.36. The lowest BCUT2D eigenvalue weighted by Gasteiger charge is -2.47. The number of amides is 1. The first-order valence-electron chi connectivity index (χ1n) is 11.1. The Morgan fingerprint density at radius 1 is 1.21 bits per heavy atom. The Hall–Kier alpha value is -1.51. The summed E-state index contributed by atoms with van der Waals surface area (Å²) in [6, 6.07) is 5.07. The van der Waals surface area contributed by atoms with Crippen LogP contribution in [0.2, 0.25) is 5.02 Å². The third kappa shape index (κ3) is 6.34. The molecule has 1 aliphatic heterocycles. The van der Waals surface area contributed by atoms with E-state index in [4.69, 9.17) is 27.9 Å². The van der Waals surface area contributed by atoms with Gasteiger partial charge in [-0.15, -0.1) is 0 Å².